The molecule has 1 aromatic carbocycles. The van der Waals surface area contributed by atoms with E-state index < -0.39 is 17.5 Å². The molecule has 0 radical (unpaired) electrons. The predicted molar refractivity (Wildman–Crippen MR) is 117 cm³/mol. The number of nitrogens with one attached hydrogen (secondary N) is 1. The minimum absolute atomic E-state index is 0.135. The van der Waals surface area contributed by atoms with Gasteiger partial charge in [-0.1, -0.05) is 22.2 Å². The van der Waals surface area contributed by atoms with Gasteiger partial charge in [0.1, 0.15) is 11.5 Å². The van der Waals surface area contributed by atoms with Gasteiger partial charge in [0.15, 0.2) is 11.7 Å². The van der Waals surface area contributed by atoms with Crippen LogP contribution in [0.2, 0.25) is 5.02 Å². The second-order valence-electron chi connectivity index (χ2n) is 7.99. The number of halogens is 1. The van der Waals surface area contributed by atoms with E-state index in [1.54, 1.807) is 42.6 Å². The van der Waals surface area contributed by atoms with Gasteiger partial charge in [0, 0.05) is 21.6 Å². The number of rotatable bonds is 5. The number of carbonyl (C=O) groups is 2. The first kappa shape index (κ1) is 22.0. The zero-order valence-corrected chi connectivity index (χ0v) is 19.0. The van der Waals surface area contributed by atoms with Gasteiger partial charge in [0.2, 0.25) is 0 Å². The summed E-state index contributed by atoms with van der Waals surface area (Å²) < 4.78 is 9.59. The summed E-state index contributed by atoms with van der Waals surface area (Å²) >= 11 is 7.30. The molecule has 0 saturated carbocycles. The molecule has 7 nitrogen and oxygen atoms in total. The molecule has 0 fully saturated rings. The normalized spacial score (nSPS) is 12.5. The Balaban J connectivity index is 2.21. The quantitative estimate of drug-likeness (QED) is 0.613. The molecule has 2 heterocycles. The number of aromatic nitrogens is 2. The van der Waals surface area contributed by atoms with Gasteiger partial charge < -0.3 is 9.73 Å². The number of benzene rings is 1. The molecule has 3 aromatic rings. The summed E-state index contributed by atoms with van der Waals surface area (Å²) in [6, 6.07) is 7.57. The van der Waals surface area contributed by atoms with Crippen LogP contribution in [0, 0.1) is 13.8 Å². The lowest BCUT2D eigenvalue weighted by Gasteiger charge is -2.32. The molecule has 0 bridgehead atoms. The number of carbonyl (C=O) groups excluding carboxylic acids is 2. The lowest BCUT2D eigenvalue weighted by molar-refractivity contribution is -0.124. The molecule has 158 valence electrons. The molecule has 30 heavy (non-hydrogen) atoms. The van der Waals surface area contributed by atoms with E-state index in [2.05, 4.69) is 14.9 Å². The molecule has 0 aliphatic rings. The zero-order chi connectivity index (χ0) is 22.1. The maximum atomic E-state index is 13.5. The van der Waals surface area contributed by atoms with Crippen LogP contribution in [0.1, 0.15) is 54.4 Å². The van der Waals surface area contributed by atoms with Crippen LogP contribution in [0.5, 0.6) is 0 Å². The first-order valence-corrected chi connectivity index (χ1v) is 10.5. The molecule has 1 N–H and O–H groups in total. The molecule has 3 rings (SSSR count). The molecular formula is C21H23ClN4O3S. The molecule has 0 unspecified atom stereocenters. The molecule has 2 aromatic heterocycles. The summed E-state index contributed by atoms with van der Waals surface area (Å²) in [7, 11) is 0. The summed E-state index contributed by atoms with van der Waals surface area (Å²) in [5.41, 5.74) is 0.879. The van der Waals surface area contributed by atoms with Gasteiger partial charge in [-0.2, -0.15) is 0 Å². The summed E-state index contributed by atoms with van der Waals surface area (Å²) in [5, 5.41) is 8.85. The Morgan fingerprint density at radius 3 is 2.50 bits per heavy atom. The minimum Gasteiger partial charge on any atom is -0.464 e. The maximum Gasteiger partial charge on any atom is 0.280 e. The summed E-state index contributed by atoms with van der Waals surface area (Å²) in [6.45, 7) is 9.24. The van der Waals surface area contributed by atoms with Crippen LogP contribution in [0.4, 0.5) is 5.69 Å². The van der Waals surface area contributed by atoms with Gasteiger partial charge in [0.05, 0.1) is 0 Å². The Hall–Kier alpha value is -2.71. The van der Waals surface area contributed by atoms with Gasteiger partial charge in [-0.15, -0.1) is 5.10 Å². The molecule has 0 saturated heterocycles. The fraction of sp³-hybridized carbons (Fsp3) is 0.333. The third kappa shape index (κ3) is 4.88. The standard InChI is InChI=1S/C21H23ClN4O3S/c1-12-6-8-14(22)10-16(12)26(20(28)15-11-30-25-24-15)18(17-9-7-13(2)29-17)19(27)23-21(3,4)5/h6-11,18H,1-5H3,(H,23,27)/t18-/m0/s1. The van der Waals surface area contributed by atoms with Crippen molar-refractivity contribution < 1.29 is 14.0 Å². The SMILES string of the molecule is Cc1ccc([C@@H](C(=O)NC(C)(C)C)N(C(=O)c2csnn2)c2cc(Cl)ccc2C)o1. The Morgan fingerprint density at radius 2 is 1.93 bits per heavy atom. The maximum absolute atomic E-state index is 13.5. The first-order chi connectivity index (χ1) is 14.1. The van der Waals surface area contributed by atoms with Crippen LogP contribution >= 0.6 is 23.1 Å². The molecule has 0 aliphatic heterocycles. The van der Waals surface area contributed by atoms with Crippen molar-refractivity contribution in [3.8, 4) is 0 Å². The van der Waals surface area contributed by atoms with Crippen molar-refractivity contribution >= 4 is 40.6 Å². The highest BCUT2D eigenvalue weighted by atomic mass is 35.5. The van der Waals surface area contributed by atoms with E-state index in [4.69, 9.17) is 16.0 Å². The fourth-order valence-corrected chi connectivity index (χ4v) is 3.60. The van der Waals surface area contributed by atoms with Crippen LogP contribution in [0.25, 0.3) is 0 Å². The van der Waals surface area contributed by atoms with E-state index in [1.165, 1.54) is 4.90 Å². The molecule has 2 amide bonds. The van der Waals surface area contributed by atoms with E-state index in [0.717, 1.165) is 17.1 Å². The number of amides is 2. The molecule has 0 aliphatic carbocycles. The number of furan rings is 1. The topological polar surface area (TPSA) is 88.3 Å². The highest BCUT2D eigenvalue weighted by Crippen LogP contribution is 2.34. The Morgan fingerprint density at radius 1 is 1.20 bits per heavy atom. The monoisotopic (exact) mass is 446 g/mol. The largest absolute Gasteiger partial charge is 0.464 e. The van der Waals surface area contributed by atoms with Crippen molar-refractivity contribution in [3.63, 3.8) is 0 Å². The van der Waals surface area contributed by atoms with Gasteiger partial charge >= 0.3 is 0 Å². The summed E-state index contributed by atoms with van der Waals surface area (Å²) in [5.74, 6) is 0.110. The number of aryl methyl sites for hydroxylation is 2. The first-order valence-electron chi connectivity index (χ1n) is 9.32. The van der Waals surface area contributed by atoms with E-state index >= 15 is 0 Å². The molecule has 9 heteroatoms. The molecular weight excluding hydrogens is 424 g/mol. The van der Waals surface area contributed by atoms with E-state index in [9.17, 15) is 9.59 Å². The average Bonchev–Trinajstić information content (AvgIpc) is 3.31. The van der Waals surface area contributed by atoms with Crippen molar-refractivity contribution in [1.29, 1.82) is 0 Å². The van der Waals surface area contributed by atoms with E-state index in [-0.39, 0.29) is 11.6 Å². The van der Waals surface area contributed by atoms with Gasteiger partial charge in [-0.05, 0) is 76.0 Å². The van der Waals surface area contributed by atoms with Crippen molar-refractivity contribution in [2.24, 2.45) is 0 Å². The fourth-order valence-electron chi connectivity index (χ4n) is 3.00. The summed E-state index contributed by atoms with van der Waals surface area (Å²) in [4.78, 5) is 28.3. The van der Waals surface area contributed by atoms with Crippen LogP contribution < -0.4 is 10.2 Å². The Bertz CT molecular complexity index is 1060. The third-order valence-electron chi connectivity index (χ3n) is 4.26. The smallest absolute Gasteiger partial charge is 0.280 e. The van der Waals surface area contributed by atoms with Crippen molar-refractivity contribution in [3.05, 3.63) is 63.5 Å². The second kappa shape index (κ2) is 8.57. The lowest BCUT2D eigenvalue weighted by Crippen LogP contribution is -2.49. The van der Waals surface area contributed by atoms with E-state index in [0.29, 0.717) is 22.2 Å². The van der Waals surface area contributed by atoms with Crippen molar-refractivity contribution in [2.75, 3.05) is 4.90 Å². The lowest BCUT2D eigenvalue weighted by atomic mass is 10.0. The van der Waals surface area contributed by atoms with E-state index in [1.807, 2.05) is 27.7 Å². The van der Waals surface area contributed by atoms with Gasteiger partial charge in [0.25, 0.3) is 11.8 Å². The van der Waals surface area contributed by atoms with Gasteiger partial charge in [-0.25, -0.2) is 0 Å². The molecule has 0 spiro atoms. The number of hydrogen-bond donors (Lipinski definition) is 1. The predicted octanol–water partition coefficient (Wildman–Crippen LogP) is 4.70. The minimum atomic E-state index is -1.07. The van der Waals surface area contributed by atoms with Crippen LogP contribution in [-0.4, -0.2) is 26.9 Å². The Kier molecular flexibility index (Phi) is 6.28. The number of hydrogen-bond acceptors (Lipinski definition) is 6. The highest BCUT2D eigenvalue weighted by molar-refractivity contribution is 7.03. The number of anilines is 1. The van der Waals surface area contributed by atoms with Crippen LogP contribution in [0.3, 0.4) is 0 Å². The highest BCUT2D eigenvalue weighted by Gasteiger charge is 2.38. The van der Waals surface area contributed by atoms with Gasteiger partial charge in [-0.3, -0.25) is 14.5 Å². The average molecular weight is 447 g/mol. The summed E-state index contributed by atoms with van der Waals surface area (Å²) in [6.07, 6.45) is 0. The van der Waals surface area contributed by atoms with Crippen molar-refractivity contribution in [1.82, 2.24) is 14.9 Å². The Labute approximate surface area is 184 Å². The molecule has 1 atom stereocenters. The second-order valence-corrected chi connectivity index (χ2v) is 9.03. The number of nitrogens with zero attached hydrogens (tertiary/aromatic N) is 3. The van der Waals surface area contributed by atoms with Crippen molar-refractivity contribution in [2.45, 2.75) is 46.2 Å². The third-order valence-corrected chi connectivity index (χ3v) is 5.00. The zero-order valence-electron chi connectivity index (χ0n) is 17.4. The van der Waals surface area contributed by atoms with Crippen LogP contribution in [-0.2, 0) is 4.79 Å². The van der Waals surface area contributed by atoms with Crippen LogP contribution in [0.15, 0.2) is 40.1 Å².